The lowest BCUT2D eigenvalue weighted by Gasteiger charge is -2.11. The molecule has 2 aromatic rings. The van der Waals surface area contributed by atoms with E-state index in [9.17, 15) is 8.78 Å². The van der Waals surface area contributed by atoms with E-state index in [2.05, 4.69) is 0 Å². The van der Waals surface area contributed by atoms with Gasteiger partial charge in [0.1, 0.15) is 0 Å². The van der Waals surface area contributed by atoms with E-state index in [0.29, 0.717) is 5.56 Å². The molecule has 2 nitrogen and oxygen atoms in total. The lowest BCUT2D eigenvalue weighted by molar-refractivity contribution is 0.116. The number of aryl methyl sites for hydroxylation is 1. The molecule has 4 heteroatoms. The van der Waals surface area contributed by atoms with Crippen LogP contribution in [0.4, 0.5) is 8.78 Å². The molecule has 80 valence electrons. The predicted octanol–water partition coefficient (Wildman–Crippen LogP) is 2.44. The molecule has 1 heterocycles. The SMILES string of the molecule is Cn1ccc2ccc(C(N)C(F)F)cc21. The number of alkyl halides is 2. The Kier molecular flexibility index (Phi) is 2.44. The number of hydrogen-bond acceptors (Lipinski definition) is 1. The number of aromatic nitrogens is 1. The first-order valence-corrected chi connectivity index (χ1v) is 4.68. The van der Waals surface area contributed by atoms with Crippen molar-refractivity contribution in [3.05, 3.63) is 36.0 Å². The number of nitrogens with two attached hydrogens (primary N) is 1. The molecule has 0 aliphatic heterocycles. The van der Waals surface area contributed by atoms with Crippen molar-refractivity contribution in [2.75, 3.05) is 0 Å². The van der Waals surface area contributed by atoms with Crippen molar-refractivity contribution in [3.63, 3.8) is 0 Å². The van der Waals surface area contributed by atoms with Crippen molar-refractivity contribution in [2.24, 2.45) is 12.8 Å². The molecule has 15 heavy (non-hydrogen) atoms. The number of hydrogen-bond donors (Lipinski definition) is 1. The minimum atomic E-state index is -2.53. The van der Waals surface area contributed by atoms with Crippen molar-refractivity contribution in [2.45, 2.75) is 12.5 Å². The van der Waals surface area contributed by atoms with Gasteiger partial charge in [0, 0.05) is 18.8 Å². The van der Waals surface area contributed by atoms with Gasteiger partial charge in [-0.05, 0) is 23.1 Å². The van der Waals surface area contributed by atoms with E-state index in [4.69, 9.17) is 5.73 Å². The summed E-state index contributed by atoms with van der Waals surface area (Å²) in [5.74, 6) is 0. The lowest BCUT2D eigenvalue weighted by atomic mass is 10.1. The fourth-order valence-corrected chi connectivity index (χ4v) is 1.63. The summed E-state index contributed by atoms with van der Waals surface area (Å²) in [6.45, 7) is 0. The summed E-state index contributed by atoms with van der Waals surface area (Å²) in [5.41, 5.74) is 6.78. The van der Waals surface area contributed by atoms with Crippen LogP contribution in [0.15, 0.2) is 30.5 Å². The Morgan fingerprint density at radius 3 is 2.67 bits per heavy atom. The number of halogens is 2. The first-order valence-electron chi connectivity index (χ1n) is 4.68. The zero-order valence-corrected chi connectivity index (χ0v) is 8.32. The molecular weight excluding hydrogens is 198 g/mol. The molecule has 0 radical (unpaired) electrons. The summed E-state index contributed by atoms with van der Waals surface area (Å²) in [6.07, 6.45) is -0.634. The van der Waals surface area contributed by atoms with Gasteiger partial charge in [-0.15, -0.1) is 0 Å². The zero-order chi connectivity index (χ0) is 11.0. The van der Waals surface area contributed by atoms with Crippen LogP contribution >= 0.6 is 0 Å². The topological polar surface area (TPSA) is 30.9 Å². The molecule has 1 atom stereocenters. The first kappa shape index (κ1) is 10.1. The Balaban J connectivity index is 2.50. The molecular formula is C11H12F2N2. The molecule has 0 fully saturated rings. The van der Waals surface area contributed by atoms with E-state index >= 15 is 0 Å². The summed E-state index contributed by atoms with van der Waals surface area (Å²) in [4.78, 5) is 0. The lowest BCUT2D eigenvalue weighted by Crippen LogP contribution is -2.18. The predicted molar refractivity (Wildman–Crippen MR) is 55.9 cm³/mol. The largest absolute Gasteiger partial charge is 0.351 e. The summed E-state index contributed by atoms with van der Waals surface area (Å²) >= 11 is 0. The van der Waals surface area contributed by atoms with Gasteiger partial charge < -0.3 is 10.3 Å². The van der Waals surface area contributed by atoms with E-state index in [1.165, 1.54) is 0 Å². The Hall–Kier alpha value is -1.42. The minimum Gasteiger partial charge on any atom is -0.351 e. The van der Waals surface area contributed by atoms with Crippen LogP contribution in [0.3, 0.4) is 0 Å². The van der Waals surface area contributed by atoms with Crippen molar-refractivity contribution >= 4 is 10.9 Å². The van der Waals surface area contributed by atoms with Crippen molar-refractivity contribution in [3.8, 4) is 0 Å². The summed E-state index contributed by atoms with van der Waals surface area (Å²) in [5, 5.41) is 1.03. The highest BCUT2D eigenvalue weighted by atomic mass is 19.3. The van der Waals surface area contributed by atoms with Gasteiger partial charge in [0.05, 0.1) is 6.04 Å². The summed E-state index contributed by atoms with van der Waals surface area (Å²) in [6, 6.07) is 5.91. The molecule has 0 saturated heterocycles. The van der Waals surface area contributed by atoms with Crippen molar-refractivity contribution in [1.82, 2.24) is 4.57 Å². The van der Waals surface area contributed by atoms with Gasteiger partial charge in [-0.1, -0.05) is 12.1 Å². The average molecular weight is 210 g/mol. The second-order valence-electron chi connectivity index (χ2n) is 3.61. The molecule has 0 amide bonds. The molecule has 0 aliphatic carbocycles. The molecule has 0 saturated carbocycles. The Morgan fingerprint density at radius 2 is 2.00 bits per heavy atom. The van der Waals surface area contributed by atoms with Gasteiger partial charge in [-0.2, -0.15) is 0 Å². The highest BCUT2D eigenvalue weighted by Gasteiger charge is 2.17. The smallest absolute Gasteiger partial charge is 0.257 e. The third-order valence-electron chi connectivity index (χ3n) is 2.57. The molecule has 1 aromatic heterocycles. The Morgan fingerprint density at radius 1 is 1.27 bits per heavy atom. The number of nitrogens with zero attached hydrogens (tertiary/aromatic N) is 1. The number of benzene rings is 1. The van der Waals surface area contributed by atoms with Crippen molar-refractivity contribution in [1.29, 1.82) is 0 Å². The van der Waals surface area contributed by atoms with Crippen LogP contribution in [-0.2, 0) is 7.05 Å². The quantitative estimate of drug-likeness (QED) is 0.810. The number of fused-ring (bicyclic) bond motifs is 1. The molecule has 2 N–H and O–H groups in total. The fourth-order valence-electron chi connectivity index (χ4n) is 1.63. The monoisotopic (exact) mass is 210 g/mol. The molecule has 1 unspecified atom stereocenters. The summed E-state index contributed by atoms with van der Waals surface area (Å²) in [7, 11) is 1.88. The third-order valence-corrected chi connectivity index (χ3v) is 2.57. The first-order chi connectivity index (χ1) is 7.09. The summed E-state index contributed by atoms with van der Waals surface area (Å²) < 4.78 is 26.7. The van der Waals surface area contributed by atoms with Crippen LogP contribution in [0.1, 0.15) is 11.6 Å². The van der Waals surface area contributed by atoms with Gasteiger partial charge in [-0.25, -0.2) is 8.78 Å². The maximum atomic E-state index is 12.4. The van der Waals surface area contributed by atoms with Crippen LogP contribution < -0.4 is 5.73 Å². The van der Waals surface area contributed by atoms with Crippen LogP contribution in [0.2, 0.25) is 0 Å². The molecule has 2 rings (SSSR count). The third kappa shape index (κ3) is 1.72. The van der Waals surface area contributed by atoms with Crippen LogP contribution in [0, 0.1) is 0 Å². The van der Waals surface area contributed by atoms with E-state index in [-0.39, 0.29) is 0 Å². The Labute approximate surface area is 86.3 Å². The van der Waals surface area contributed by atoms with Gasteiger partial charge in [0.25, 0.3) is 6.43 Å². The van der Waals surface area contributed by atoms with Gasteiger partial charge in [0.2, 0.25) is 0 Å². The normalized spacial score (nSPS) is 13.7. The van der Waals surface area contributed by atoms with Gasteiger partial charge >= 0.3 is 0 Å². The maximum Gasteiger partial charge on any atom is 0.257 e. The fraction of sp³-hybridized carbons (Fsp3) is 0.273. The minimum absolute atomic E-state index is 0.472. The second-order valence-corrected chi connectivity index (χ2v) is 3.61. The molecule has 0 spiro atoms. The van der Waals surface area contributed by atoms with E-state index in [1.807, 2.05) is 29.9 Å². The molecule has 0 bridgehead atoms. The van der Waals surface area contributed by atoms with Crippen LogP contribution in [0.25, 0.3) is 10.9 Å². The zero-order valence-electron chi connectivity index (χ0n) is 8.32. The standard InChI is InChI=1S/C11H12F2N2/c1-15-5-4-7-2-3-8(6-9(7)15)10(14)11(12)13/h2-6,10-11H,14H2,1H3. The number of rotatable bonds is 2. The highest BCUT2D eigenvalue weighted by Crippen LogP contribution is 2.23. The molecule has 1 aromatic carbocycles. The van der Waals surface area contributed by atoms with Crippen molar-refractivity contribution < 1.29 is 8.78 Å². The van der Waals surface area contributed by atoms with E-state index in [0.717, 1.165) is 10.9 Å². The maximum absolute atomic E-state index is 12.4. The van der Waals surface area contributed by atoms with Crippen LogP contribution in [-0.4, -0.2) is 11.0 Å². The van der Waals surface area contributed by atoms with Gasteiger partial charge in [0.15, 0.2) is 0 Å². The van der Waals surface area contributed by atoms with E-state index in [1.54, 1.807) is 12.1 Å². The Bertz CT molecular complexity index is 476. The average Bonchev–Trinajstić information content (AvgIpc) is 2.59. The van der Waals surface area contributed by atoms with Gasteiger partial charge in [-0.3, -0.25) is 0 Å². The highest BCUT2D eigenvalue weighted by molar-refractivity contribution is 5.80. The van der Waals surface area contributed by atoms with Crippen LogP contribution in [0.5, 0.6) is 0 Å². The van der Waals surface area contributed by atoms with E-state index < -0.39 is 12.5 Å². The second kappa shape index (κ2) is 3.62. The molecule has 0 aliphatic rings.